The molecule has 2 fully saturated rings. The SMILES string of the molecule is O=C(N[C@@H]1CCc2ccccc21)N1C(=O)C2CCCCN2C1=O. The van der Waals surface area contributed by atoms with Crippen molar-refractivity contribution in [2.75, 3.05) is 6.54 Å². The number of aryl methyl sites for hydroxylation is 1. The Morgan fingerprint density at radius 2 is 1.96 bits per heavy atom. The molecule has 2 saturated heterocycles. The second kappa shape index (κ2) is 5.37. The smallest absolute Gasteiger partial charge is 0.330 e. The van der Waals surface area contributed by atoms with Crippen LogP contribution in [-0.4, -0.2) is 40.4 Å². The number of hydrogen-bond donors (Lipinski definition) is 1. The predicted octanol–water partition coefficient (Wildman–Crippen LogP) is 2.20. The van der Waals surface area contributed by atoms with Gasteiger partial charge in [0, 0.05) is 6.54 Å². The molecule has 3 aliphatic rings. The summed E-state index contributed by atoms with van der Waals surface area (Å²) in [5.41, 5.74) is 2.30. The molecule has 2 heterocycles. The van der Waals surface area contributed by atoms with E-state index in [4.69, 9.17) is 0 Å². The lowest BCUT2D eigenvalue weighted by Crippen LogP contribution is -2.45. The molecule has 0 spiro atoms. The molecule has 1 unspecified atom stereocenters. The van der Waals surface area contributed by atoms with E-state index >= 15 is 0 Å². The summed E-state index contributed by atoms with van der Waals surface area (Å²) in [7, 11) is 0. The fraction of sp³-hybridized carbons (Fsp3) is 0.471. The minimum Gasteiger partial charge on any atom is -0.330 e. The van der Waals surface area contributed by atoms with Crippen LogP contribution in [0.25, 0.3) is 0 Å². The maximum absolute atomic E-state index is 12.5. The molecule has 1 N–H and O–H groups in total. The normalized spacial score (nSPS) is 26.3. The number of nitrogens with one attached hydrogen (secondary N) is 1. The Bertz CT molecular complexity index is 663. The lowest BCUT2D eigenvalue weighted by molar-refractivity contribution is -0.126. The number of piperidine rings is 1. The minimum atomic E-state index is -0.587. The first kappa shape index (κ1) is 14.2. The molecule has 120 valence electrons. The molecule has 1 aromatic carbocycles. The number of fused-ring (bicyclic) bond motifs is 2. The van der Waals surface area contributed by atoms with Crippen molar-refractivity contribution < 1.29 is 14.4 Å². The number of amides is 5. The maximum atomic E-state index is 12.5. The Labute approximate surface area is 134 Å². The highest BCUT2D eigenvalue weighted by atomic mass is 16.2. The standard InChI is InChI=1S/C17H19N3O3/c21-15-14-7-3-4-10-19(14)17(23)20(15)16(22)18-13-9-8-11-5-1-2-6-12(11)13/h1-2,5-6,13-14H,3-4,7-10H2,(H,18,22)/t13-,14?/m1/s1. The molecule has 0 aromatic heterocycles. The Morgan fingerprint density at radius 1 is 1.13 bits per heavy atom. The molecule has 0 bridgehead atoms. The van der Waals surface area contributed by atoms with E-state index in [1.165, 1.54) is 10.5 Å². The van der Waals surface area contributed by atoms with Crippen LogP contribution in [0.2, 0.25) is 0 Å². The van der Waals surface area contributed by atoms with Gasteiger partial charge in [-0.2, -0.15) is 4.90 Å². The fourth-order valence-corrected chi connectivity index (χ4v) is 3.90. The van der Waals surface area contributed by atoms with Crippen molar-refractivity contribution in [2.45, 2.75) is 44.2 Å². The lowest BCUT2D eigenvalue weighted by Gasteiger charge is -2.25. The van der Waals surface area contributed by atoms with Crippen molar-refractivity contribution in [3.05, 3.63) is 35.4 Å². The quantitative estimate of drug-likeness (QED) is 0.808. The number of carbonyl (C=O) groups excluding carboxylic acids is 3. The summed E-state index contributed by atoms with van der Waals surface area (Å²) < 4.78 is 0. The molecular weight excluding hydrogens is 294 g/mol. The number of hydrogen-bond acceptors (Lipinski definition) is 3. The maximum Gasteiger partial charge on any atom is 0.335 e. The van der Waals surface area contributed by atoms with Crippen LogP contribution in [0, 0.1) is 0 Å². The third-order valence-corrected chi connectivity index (χ3v) is 5.08. The van der Waals surface area contributed by atoms with Gasteiger partial charge in [-0.3, -0.25) is 4.79 Å². The van der Waals surface area contributed by atoms with Gasteiger partial charge in [-0.25, -0.2) is 9.59 Å². The summed E-state index contributed by atoms with van der Waals surface area (Å²) in [6.45, 7) is 0.561. The first-order chi connectivity index (χ1) is 11.2. The molecule has 1 aliphatic carbocycles. The van der Waals surface area contributed by atoms with Crippen molar-refractivity contribution in [3.8, 4) is 0 Å². The largest absolute Gasteiger partial charge is 0.335 e. The highest BCUT2D eigenvalue weighted by molar-refractivity contribution is 6.16. The fourth-order valence-electron chi connectivity index (χ4n) is 3.90. The Balaban J connectivity index is 1.52. The van der Waals surface area contributed by atoms with E-state index < -0.39 is 18.1 Å². The van der Waals surface area contributed by atoms with Crippen molar-refractivity contribution in [3.63, 3.8) is 0 Å². The average Bonchev–Trinajstić information content (AvgIpc) is 3.08. The van der Waals surface area contributed by atoms with Gasteiger partial charge in [0.25, 0.3) is 5.91 Å². The second-order valence-electron chi connectivity index (χ2n) is 6.40. The highest BCUT2D eigenvalue weighted by Crippen LogP contribution is 2.32. The first-order valence-corrected chi connectivity index (χ1v) is 8.19. The van der Waals surface area contributed by atoms with Gasteiger partial charge in [-0.1, -0.05) is 24.3 Å². The van der Waals surface area contributed by atoms with E-state index in [0.717, 1.165) is 36.1 Å². The Hall–Kier alpha value is -2.37. The monoisotopic (exact) mass is 313 g/mol. The summed E-state index contributed by atoms with van der Waals surface area (Å²) in [4.78, 5) is 39.7. The zero-order valence-electron chi connectivity index (χ0n) is 12.8. The Morgan fingerprint density at radius 3 is 2.78 bits per heavy atom. The van der Waals surface area contributed by atoms with Gasteiger partial charge >= 0.3 is 12.1 Å². The number of imide groups is 3. The minimum absolute atomic E-state index is 0.128. The van der Waals surface area contributed by atoms with Gasteiger partial charge in [0.1, 0.15) is 6.04 Å². The number of nitrogens with zero attached hydrogens (tertiary/aromatic N) is 2. The van der Waals surface area contributed by atoms with E-state index in [0.29, 0.717) is 13.0 Å². The third-order valence-electron chi connectivity index (χ3n) is 5.08. The zero-order chi connectivity index (χ0) is 16.0. The van der Waals surface area contributed by atoms with Gasteiger partial charge in [-0.15, -0.1) is 0 Å². The third kappa shape index (κ3) is 2.20. The van der Waals surface area contributed by atoms with Crippen LogP contribution in [0.1, 0.15) is 42.9 Å². The Kier molecular flexibility index (Phi) is 3.32. The molecule has 23 heavy (non-hydrogen) atoms. The highest BCUT2D eigenvalue weighted by Gasteiger charge is 2.49. The molecule has 4 rings (SSSR count). The second-order valence-corrected chi connectivity index (χ2v) is 6.40. The molecule has 0 saturated carbocycles. The van der Waals surface area contributed by atoms with Crippen molar-refractivity contribution >= 4 is 18.0 Å². The van der Waals surface area contributed by atoms with E-state index in [1.54, 1.807) is 0 Å². The van der Waals surface area contributed by atoms with Gasteiger partial charge in [0.2, 0.25) is 0 Å². The molecular formula is C17H19N3O3. The molecule has 2 atom stereocenters. The lowest BCUT2D eigenvalue weighted by atomic mass is 10.0. The van der Waals surface area contributed by atoms with E-state index in [1.807, 2.05) is 24.3 Å². The molecule has 5 amide bonds. The average molecular weight is 313 g/mol. The summed E-state index contributed by atoms with van der Waals surface area (Å²) in [5.74, 6) is -0.376. The van der Waals surface area contributed by atoms with Crippen LogP contribution in [0.4, 0.5) is 9.59 Å². The topological polar surface area (TPSA) is 69.7 Å². The summed E-state index contributed by atoms with van der Waals surface area (Å²) in [6.07, 6.45) is 4.17. The van der Waals surface area contributed by atoms with E-state index in [-0.39, 0.29) is 11.9 Å². The van der Waals surface area contributed by atoms with Crippen LogP contribution in [0.3, 0.4) is 0 Å². The number of carbonyl (C=O) groups is 3. The molecule has 6 nitrogen and oxygen atoms in total. The number of rotatable bonds is 1. The van der Waals surface area contributed by atoms with Gasteiger partial charge in [0.05, 0.1) is 6.04 Å². The predicted molar refractivity (Wildman–Crippen MR) is 82.6 cm³/mol. The van der Waals surface area contributed by atoms with Crippen LogP contribution < -0.4 is 5.32 Å². The molecule has 2 aliphatic heterocycles. The number of benzene rings is 1. The molecule has 6 heteroatoms. The summed E-state index contributed by atoms with van der Waals surface area (Å²) in [5, 5.41) is 2.87. The van der Waals surface area contributed by atoms with Gasteiger partial charge in [-0.05, 0) is 43.2 Å². The number of urea groups is 2. The van der Waals surface area contributed by atoms with Crippen molar-refractivity contribution in [2.24, 2.45) is 0 Å². The van der Waals surface area contributed by atoms with Crippen LogP contribution in [-0.2, 0) is 11.2 Å². The van der Waals surface area contributed by atoms with Crippen molar-refractivity contribution in [1.82, 2.24) is 15.1 Å². The van der Waals surface area contributed by atoms with Crippen LogP contribution in [0.5, 0.6) is 0 Å². The summed E-state index contributed by atoms with van der Waals surface area (Å²) in [6, 6.07) is 6.33. The van der Waals surface area contributed by atoms with E-state index in [9.17, 15) is 14.4 Å². The van der Waals surface area contributed by atoms with Gasteiger partial charge in [0.15, 0.2) is 0 Å². The zero-order valence-corrected chi connectivity index (χ0v) is 12.8. The van der Waals surface area contributed by atoms with Crippen LogP contribution in [0.15, 0.2) is 24.3 Å². The molecule has 0 radical (unpaired) electrons. The first-order valence-electron chi connectivity index (χ1n) is 8.19. The summed E-state index contributed by atoms with van der Waals surface area (Å²) >= 11 is 0. The van der Waals surface area contributed by atoms with E-state index in [2.05, 4.69) is 5.32 Å². The van der Waals surface area contributed by atoms with Crippen molar-refractivity contribution in [1.29, 1.82) is 0 Å². The van der Waals surface area contributed by atoms with Gasteiger partial charge < -0.3 is 10.2 Å². The molecule has 1 aromatic rings. The van der Waals surface area contributed by atoms with Crippen LogP contribution >= 0.6 is 0 Å².